The van der Waals surface area contributed by atoms with E-state index in [9.17, 15) is 4.79 Å². The lowest BCUT2D eigenvalue weighted by Crippen LogP contribution is -2.46. The molecular weight excluding hydrogens is 368 g/mol. The van der Waals surface area contributed by atoms with Crippen LogP contribution in [0.25, 0.3) is 0 Å². The quantitative estimate of drug-likeness (QED) is 0.793. The van der Waals surface area contributed by atoms with E-state index >= 15 is 0 Å². The van der Waals surface area contributed by atoms with Crippen molar-refractivity contribution in [2.75, 3.05) is 20.7 Å². The zero-order chi connectivity index (χ0) is 17.7. The third-order valence-electron chi connectivity index (χ3n) is 5.15. The van der Waals surface area contributed by atoms with Crippen LogP contribution >= 0.6 is 15.9 Å². The van der Waals surface area contributed by atoms with E-state index < -0.39 is 0 Å². The van der Waals surface area contributed by atoms with Crippen molar-refractivity contribution in [1.29, 1.82) is 0 Å². The first-order valence-corrected chi connectivity index (χ1v) is 9.50. The van der Waals surface area contributed by atoms with Crippen LogP contribution in [0.5, 0.6) is 5.75 Å². The second-order valence-corrected chi connectivity index (χ2v) is 7.99. The van der Waals surface area contributed by atoms with Gasteiger partial charge in [0.05, 0.1) is 13.7 Å². The number of ether oxygens (including phenoxy) is 1. The van der Waals surface area contributed by atoms with E-state index in [0.717, 1.165) is 22.2 Å². The van der Waals surface area contributed by atoms with Crippen LogP contribution in [0.2, 0.25) is 0 Å². The molecule has 4 nitrogen and oxygen atoms in total. The van der Waals surface area contributed by atoms with Crippen molar-refractivity contribution in [1.82, 2.24) is 10.2 Å². The molecule has 1 fully saturated rings. The van der Waals surface area contributed by atoms with Crippen LogP contribution < -0.4 is 10.1 Å². The molecule has 0 saturated heterocycles. The van der Waals surface area contributed by atoms with E-state index in [-0.39, 0.29) is 5.91 Å². The summed E-state index contributed by atoms with van der Waals surface area (Å²) in [5.74, 6) is 2.20. The number of likely N-dealkylation sites (N-methyl/N-ethyl adjacent to an activating group) is 1. The van der Waals surface area contributed by atoms with Gasteiger partial charge in [0.2, 0.25) is 5.91 Å². The van der Waals surface area contributed by atoms with E-state index in [1.165, 1.54) is 12.8 Å². The van der Waals surface area contributed by atoms with E-state index in [4.69, 9.17) is 4.74 Å². The highest BCUT2D eigenvalue weighted by Gasteiger charge is 2.28. The van der Waals surface area contributed by atoms with Crippen molar-refractivity contribution in [3.8, 4) is 5.75 Å². The molecule has 1 N–H and O–H groups in total. The third kappa shape index (κ3) is 5.21. The van der Waals surface area contributed by atoms with Crippen LogP contribution in [0.4, 0.5) is 0 Å². The lowest BCUT2D eigenvalue weighted by atomic mass is 9.78. The normalized spacial score (nSPS) is 24.0. The fourth-order valence-corrected chi connectivity index (χ4v) is 3.91. The highest BCUT2D eigenvalue weighted by molar-refractivity contribution is 9.10. The van der Waals surface area contributed by atoms with Gasteiger partial charge in [0.1, 0.15) is 5.75 Å². The Morgan fingerprint density at radius 2 is 2.12 bits per heavy atom. The highest BCUT2D eigenvalue weighted by Crippen LogP contribution is 2.29. The van der Waals surface area contributed by atoms with Gasteiger partial charge in [0.15, 0.2) is 0 Å². The SMILES string of the molecule is COc1ccc(Br)cc1CN(C)CC(=O)N[C@H]1CCC[C@@H](C)[C@H]1C. The van der Waals surface area contributed by atoms with Crippen molar-refractivity contribution in [3.63, 3.8) is 0 Å². The van der Waals surface area contributed by atoms with Gasteiger partial charge in [-0.1, -0.05) is 42.6 Å². The zero-order valence-electron chi connectivity index (χ0n) is 15.1. The number of carbonyl (C=O) groups excluding carboxylic acids is 1. The number of methoxy groups -OCH3 is 1. The standard InChI is InChI=1S/C19H29BrN2O2/c1-13-6-5-7-17(14(13)2)21-19(23)12-22(3)11-15-10-16(20)8-9-18(15)24-4/h8-10,13-14,17H,5-7,11-12H2,1-4H3,(H,21,23)/t13-,14-,17+/m1/s1. The Kier molecular flexibility index (Phi) is 7.11. The fourth-order valence-electron chi connectivity index (χ4n) is 3.50. The molecule has 1 aromatic rings. The summed E-state index contributed by atoms with van der Waals surface area (Å²) in [6, 6.07) is 6.26. The van der Waals surface area contributed by atoms with Crippen LogP contribution in [0.3, 0.4) is 0 Å². The van der Waals surface area contributed by atoms with Crippen molar-refractivity contribution in [2.45, 2.75) is 45.7 Å². The first-order valence-electron chi connectivity index (χ1n) is 8.71. The molecule has 134 valence electrons. The molecule has 24 heavy (non-hydrogen) atoms. The molecule has 0 unspecified atom stereocenters. The van der Waals surface area contributed by atoms with Crippen molar-refractivity contribution in [2.24, 2.45) is 11.8 Å². The minimum absolute atomic E-state index is 0.109. The molecule has 0 aliphatic heterocycles. The number of hydrogen-bond acceptors (Lipinski definition) is 3. The Hall–Kier alpha value is -1.07. The molecule has 3 atom stereocenters. The topological polar surface area (TPSA) is 41.6 Å². The minimum atomic E-state index is 0.109. The lowest BCUT2D eigenvalue weighted by Gasteiger charge is -2.35. The molecular formula is C19H29BrN2O2. The Morgan fingerprint density at radius 1 is 1.38 bits per heavy atom. The van der Waals surface area contributed by atoms with Crippen molar-refractivity contribution >= 4 is 21.8 Å². The van der Waals surface area contributed by atoms with Crippen LogP contribution in [0, 0.1) is 11.8 Å². The summed E-state index contributed by atoms with van der Waals surface area (Å²) in [5.41, 5.74) is 1.07. The summed E-state index contributed by atoms with van der Waals surface area (Å²) < 4.78 is 6.42. The Labute approximate surface area is 154 Å². The maximum absolute atomic E-state index is 12.4. The molecule has 0 bridgehead atoms. The first-order chi connectivity index (χ1) is 11.4. The van der Waals surface area contributed by atoms with Crippen LogP contribution in [-0.4, -0.2) is 37.6 Å². The van der Waals surface area contributed by atoms with Crippen LogP contribution in [0.15, 0.2) is 22.7 Å². The predicted octanol–water partition coefficient (Wildman–Crippen LogP) is 3.83. The largest absolute Gasteiger partial charge is 0.496 e. The average molecular weight is 397 g/mol. The molecule has 2 rings (SSSR count). The molecule has 1 aliphatic carbocycles. The molecule has 1 aliphatic rings. The van der Waals surface area contributed by atoms with Gasteiger partial charge in [-0.25, -0.2) is 0 Å². The molecule has 1 amide bonds. The third-order valence-corrected chi connectivity index (χ3v) is 5.64. The smallest absolute Gasteiger partial charge is 0.234 e. The molecule has 1 aromatic carbocycles. The van der Waals surface area contributed by atoms with Gasteiger partial charge in [0, 0.05) is 22.6 Å². The predicted molar refractivity (Wildman–Crippen MR) is 101 cm³/mol. The number of nitrogens with one attached hydrogen (secondary N) is 1. The van der Waals surface area contributed by atoms with E-state index in [0.29, 0.717) is 31.0 Å². The van der Waals surface area contributed by atoms with Crippen LogP contribution in [0.1, 0.15) is 38.7 Å². The second kappa shape index (κ2) is 8.86. The number of carbonyl (C=O) groups is 1. The molecule has 0 spiro atoms. The number of benzene rings is 1. The summed E-state index contributed by atoms with van der Waals surface area (Å²) in [7, 11) is 3.64. The molecule has 5 heteroatoms. The van der Waals surface area contributed by atoms with Gasteiger partial charge in [-0.3, -0.25) is 9.69 Å². The summed E-state index contributed by atoms with van der Waals surface area (Å²) in [6.07, 6.45) is 3.58. The Morgan fingerprint density at radius 3 is 2.83 bits per heavy atom. The maximum Gasteiger partial charge on any atom is 0.234 e. The number of amides is 1. The number of rotatable bonds is 6. The molecule has 0 aromatic heterocycles. The zero-order valence-corrected chi connectivity index (χ0v) is 16.7. The summed E-state index contributed by atoms with van der Waals surface area (Å²) in [6.45, 7) is 5.61. The van der Waals surface area contributed by atoms with Crippen molar-refractivity contribution in [3.05, 3.63) is 28.2 Å². The second-order valence-electron chi connectivity index (χ2n) is 7.07. The number of halogens is 1. The van der Waals surface area contributed by atoms with Gasteiger partial charge in [-0.15, -0.1) is 0 Å². The molecule has 0 radical (unpaired) electrons. The lowest BCUT2D eigenvalue weighted by molar-refractivity contribution is -0.123. The van der Waals surface area contributed by atoms with Gasteiger partial charge in [-0.05, 0) is 43.5 Å². The summed E-state index contributed by atoms with van der Waals surface area (Å²) in [4.78, 5) is 14.4. The van der Waals surface area contributed by atoms with Gasteiger partial charge >= 0.3 is 0 Å². The Balaban J connectivity index is 1.89. The Bertz CT molecular complexity index is 564. The van der Waals surface area contributed by atoms with Gasteiger partial charge in [0.25, 0.3) is 0 Å². The van der Waals surface area contributed by atoms with E-state index in [1.807, 2.05) is 30.1 Å². The minimum Gasteiger partial charge on any atom is -0.496 e. The average Bonchev–Trinajstić information content (AvgIpc) is 2.52. The highest BCUT2D eigenvalue weighted by atomic mass is 79.9. The number of hydrogen-bond donors (Lipinski definition) is 1. The van der Waals surface area contributed by atoms with E-state index in [2.05, 4.69) is 35.1 Å². The van der Waals surface area contributed by atoms with Gasteiger partial charge in [-0.2, -0.15) is 0 Å². The maximum atomic E-state index is 12.4. The summed E-state index contributed by atoms with van der Waals surface area (Å²) >= 11 is 3.49. The number of nitrogens with zero attached hydrogens (tertiary/aromatic N) is 1. The van der Waals surface area contributed by atoms with Crippen LogP contribution in [-0.2, 0) is 11.3 Å². The summed E-state index contributed by atoms with van der Waals surface area (Å²) in [5, 5.41) is 3.23. The van der Waals surface area contributed by atoms with Gasteiger partial charge < -0.3 is 10.1 Å². The first kappa shape index (κ1) is 19.3. The monoisotopic (exact) mass is 396 g/mol. The van der Waals surface area contributed by atoms with Crippen molar-refractivity contribution < 1.29 is 9.53 Å². The van der Waals surface area contributed by atoms with E-state index in [1.54, 1.807) is 7.11 Å². The fraction of sp³-hybridized carbons (Fsp3) is 0.632. The molecule has 0 heterocycles. The molecule has 1 saturated carbocycles.